The molecular weight excluding hydrogens is 244 g/mol. The van der Waals surface area contributed by atoms with Crippen LogP contribution in [0.15, 0.2) is 30.9 Å². The summed E-state index contributed by atoms with van der Waals surface area (Å²) in [5.74, 6) is 6.07. The maximum absolute atomic E-state index is 5.89. The van der Waals surface area contributed by atoms with Crippen LogP contribution in [0.4, 0.5) is 5.69 Å². The lowest BCUT2D eigenvalue weighted by Gasteiger charge is -2.16. The average molecular weight is 260 g/mol. The van der Waals surface area contributed by atoms with Gasteiger partial charge in [-0.1, -0.05) is 0 Å². The van der Waals surface area contributed by atoms with E-state index in [-0.39, 0.29) is 6.04 Å². The zero-order chi connectivity index (χ0) is 13.7. The zero-order valence-corrected chi connectivity index (χ0v) is 10.6. The molecule has 7 heteroatoms. The Kier molecular flexibility index (Phi) is 4.22. The number of nitrogens with two attached hydrogens (primary N) is 2. The number of hydrogen-bond donors (Lipinski definition) is 3. The van der Waals surface area contributed by atoms with Gasteiger partial charge in [-0.15, -0.1) is 0 Å². The van der Waals surface area contributed by atoms with Crippen LogP contribution in [0.3, 0.4) is 0 Å². The molecule has 0 aliphatic heterocycles. The molecule has 2 aromatic rings. The van der Waals surface area contributed by atoms with E-state index in [0.717, 1.165) is 11.3 Å². The molecule has 0 radical (unpaired) electrons. The molecule has 1 unspecified atom stereocenters. The van der Waals surface area contributed by atoms with Crippen molar-refractivity contribution < 1.29 is 4.74 Å². The van der Waals surface area contributed by atoms with E-state index in [1.807, 2.05) is 0 Å². The van der Waals surface area contributed by atoms with Crippen LogP contribution in [0.1, 0.15) is 17.3 Å². The molecule has 0 fully saturated rings. The molecule has 100 valence electrons. The Bertz CT molecular complexity index is 547. The number of ether oxygens (including phenoxy) is 1. The number of nitrogen functional groups attached to an aromatic ring is 1. The van der Waals surface area contributed by atoms with E-state index in [9.17, 15) is 0 Å². The molecular formula is C12H16N6O. The highest BCUT2D eigenvalue weighted by atomic mass is 16.5. The van der Waals surface area contributed by atoms with Crippen LogP contribution >= 0.6 is 0 Å². The highest BCUT2D eigenvalue weighted by Gasteiger charge is 2.14. The van der Waals surface area contributed by atoms with Crippen molar-refractivity contribution in [3.8, 4) is 5.88 Å². The van der Waals surface area contributed by atoms with Crippen molar-refractivity contribution in [2.24, 2.45) is 5.84 Å². The number of anilines is 1. The second-order valence-corrected chi connectivity index (χ2v) is 3.98. The third-order valence-electron chi connectivity index (χ3n) is 2.80. The van der Waals surface area contributed by atoms with E-state index in [1.54, 1.807) is 31.6 Å². The van der Waals surface area contributed by atoms with Crippen LogP contribution in [0, 0.1) is 0 Å². The summed E-state index contributed by atoms with van der Waals surface area (Å²) in [5, 5.41) is 0. The van der Waals surface area contributed by atoms with E-state index in [4.69, 9.17) is 16.3 Å². The normalized spacial score (nSPS) is 12.1. The number of nitrogens with zero attached hydrogens (tertiary/aromatic N) is 3. The Morgan fingerprint density at radius 2 is 2.26 bits per heavy atom. The van der Waals surface area contributed by atoms with Crippen LogP contribution in [0.2, 0.25) is 0 Å². The predicted octanol–water partition coefficient (Wildman–Crippen LogP) is 0.209. The highest BCUT2D eigenvalue weighted by Crippen LogP contribution is 2.20. The Morgan fingerprint density at radius 1 is 1.42 bits per heavy atom. The summed E-state index contributed by atoms with van der Waals surface area (Å²) in [5.41, 5.74) is 10.9. The fraction of sp³-hybridized carbons (Fsp3) is 0.250. The van der Waals surface area contributed by atoms with E-state index in [0.29, 0.717) is 18.0 Å². The zero-order valence-electron chi connectivity index (χ0n) is 10.6. The molecule has 7 nitrogen and oxygen atoms in total. The number of hydrogen-bond acceptors (Lipinski definition) is 7. The first-order chi connectivity index (χ1) is 9.24. The number of methoxy groups -OCH3 is 1. The molecule has 0 bridgehead atoms. The van der Waals surface area contributed by atoms with Gasteiger partial charge >= 0.3 is 0 Å². The summed E-state index contributed by atoms with van der Waals surface area (Å²) in [6.45, 7) is 0. The van der Waals surface area contributed by atoms with E-state index >= 15 is 0 Å². The van der Waals surface area contributed by atoms with Crippen molar-refractivity contribution >= 4 is 5.69 Å². The molecule has 2 heterocycles. The summed E-state index contributed by atoms with van der Waals surface area (Å²) in [6.07, 6.45) is 5.39. The van der Waals surface area contributed by atoms with Gasteiger partial charge in [-0.05, 0) is 18.1 Å². The minimum atomic E-state index is -0.191. The van der Waals surface area contributed by atoms with Gasteiger partial charge < -0.3 is 10.5 Å². The molecule has 0 spiro atoms. The lowest BCUT2D eigenvalue weighted by molar-refractivity contribution is 0.393. The van der Waals surface area contributed by atoms with Gasteiger partial charge in [0.15, 0.2) is 0 Å². The lowest BCUT2D eigenvalue weighted by atomic mass is 10.0. The van der Waals surface area contributed by atoms with Crippen molar-refractivity contribution in [1.29, 1.82) is 0 Å². The van der Waals surface area contributed by atoms with Crippen LogP contribution < -0.4 is 21.7 Å². The smallest absolute Gasteiger partial charge is 0.216 e. The molecule has 0 saturated heterocycles. The lowest BCUT2D eigenvalue weighted by Crippen LogP contribution is -2.30. The quantitative estimate of drug-likeness (QED) is 0.520. The van der Waals surface area contributed by atoms with Gasteiger partial charge in [0, 0.05) is 24.1 Å². The summed E-state index contributed by atoms with van der Waals surface area (Å²) in [4.78, 5) is 12.2. The second kappa shape index (κ2) is 6.07. The number of rotatable bonds is 5. The largest absolute Gasteiger partial charge is 0.481 e. The maximum atomic E-state index is 5.89. The third-order valence-corrected chi connectivity index (χ3v) is 2.80. The van der Waals surface area contributed by atoms with Gasteiger partial charge in [-0.2, -0.15) is 0 Å². The molecule has 19 heavy (non-hydrogen) atoms. The molecule has 0 aliphatic carbocycles. The Morgan fingerprint density at radius 3 is 2.95 bits per heavy atom. The minimum absolute atomic E-state index is 0.191. The van der Waals surface area contributed by atoms with E-state index < -0.39 is 0 Å². The fourth-order valence-corrected chi connectivity index (χ4v) is 1.73. The molecule has 0 amide bonds. The third kappa shape index (κ3) is 3.15. The van der Waals surface area contributed by atoms with E-state index in [2.05, 4.69) is 20.4 Å². The number of nitrogens with one attached hydrogen (secondary N) is 1. The standard InChI is InChI=1S/C12H16N6O/c1-19-12-5-10(16-7-17-12)11(18-14)4-8-6-15-3-2-9(8)13/h2-3,5-7,11,18H,4,14H2,1H3,(H2,13,15). The molecule has 2 aromatic heterocycles. The van der Waals surface area contributed by atoms with Gasteiger partial charge in [-0.25, -0.2) is 9.97 Å². The fourth-order valence-electron chi connectivity index (χ4n) is 1.73. The summed E-state index contributed by atoms with van der Waals surface area (Å²) >= 11 is 0. The summed E-state index contributed by atoms with van der Waals surface area (Å²) < 4.78 is 5.07. The minimum Gasteiger partial charge on any atom is -0.481 e. The number of hydrazine groups is 1. The SMILES string of the molecule is COc1cc(C(Cc2cnccc2N)NN)ncn1. The number of pyridine rings is 1. The summed E-state index contributed by atoms with van der Waals surface area (Å²) in [7, 11) is 1.55. The maximum Gasteiger partial charge on any atom is 0.216 e. The Labute approximate surface area is 111 Å². The van der Waals surface area contributed by atoms with Crippen molar-refractivity contribution in [2.75, 3.05) is 12.8 Å². The molecule has 0 aliphatic rings. The van der Waals surface area contributed by atoms with Crippen LogP contribution in [-0.4, -0.2) is 22.1 Å². The van der Waals surface area contributed by atoms with Gasteiger partial charge in [0.05, 0.1) is 18.8 Å². The Balaban J connectivity index is 2.22. The second-order valence-electron chi connectivity index (χ2n) is 3.98. The van der Waals surface area contributed by atoms with Crippen molar-refractivity contribution in [1.82, 2.24) is 20.4 Å². The number of aromatic nitrogens is 3. The first-order valence-electron chi connectivity index (χ1n) is 5.75. The predicted molar refractivity (Wildman–Crippen MR) is 71.0 cm³/mol. The topological polar surface area (TPSA) is 112 Å². The average Bonchev–Trinajstić information content (AvgIpc) is 2.46. The molecule has 0 aromatic carbocycles. The monoisotopic (exact) mass is 260 g/mol. The van der Waals surface area contributed by atoms with Gasteiger partial charge in [0.1, 0.15) is 6.33 Å². The molecule has 5 N–H and O–H groups in total. The van der Waals surface area contributed by atoms with E-state index in [1.165, 1.54) is 6.33 Å². The van der Waals surface area contributed by atoms with Crippen LogP contribution in [-0.2, 0) is 6.42 Å². The van der Waals surface area contributed by atoms with Crippen molar-refractivity contribution in [3.05, 3.63) is 42.1 Å². The molecule has 0 saturated carbocycles. The van der Waals surface area contributed by atoms with Crippen LogP contribution in [0.25, 0.3) is 0 Å². The van der Waals surface area contributed by atoms with Crippen molar-refractivity contribution in [3.63, 3.8) is 0 Å². The van der Waals surface area contributed by atoms with Gasteiger partial charge in [0.2, 0.25) is 5.88 Å². The van der Waals surface area contributed by atoms with Crippen molar-refractivity contribution in [2.45, 2.75) is 12.5 Å². The molecule has 1 atom stereocenters. The highest BCUT2D eigenvalue weighted by molar-refractivity contribution is 5.45. The Hall–Kier alpha value is -2.25. The van der Waals surface area contributed by atoms with Gasteiger partial charge in [-0.3, -0.25) is 16.3 Å². The first kappa shape index (κ1) is 13.2. The summed E-state index contributed by atoms with van der Waals surface area (Å²) in [6, 6.07) is 3.30. The van der Waals surface area contributed by atoms with Gasteiger partial charge in [0.25, 0.3) is 0 Å². The molecule has 2 rings (SSSR count). The first-order valence-corrected chi connectivity index (χ1v) is 5.75. The van der Waals surface area contributed by atoms with Crippen LogP contribution in [0.5, 0.6) is 5.88 Å².